The second kappa shape index (κ2) is 9.57. The molecule has 0 unspecified atom stereocenters. The number of furan rings is 1. The molecule has 27 heavy (non-hydrogen) atoms. The van der Waals surface area contributed by atoms with Crippen molar-refractivity contribution in [2.24, 2.45) is 0 Å². The highest BCUT2D eigenvalue weighted by Crippen LogP contribution is 2.28. The molecule has 3 aromatic heterocycles. The van der Waals surface area contributed by atoms with E-state index in [1.807, 2.05) is 16.7 Å². The molecule has 6 nitrogen and oxygen atoms in total. The monoisotopic (exact) mass is 402 g/mol. The normalized spacial score (nSPS) is 10.9. The van der Waals surface area contributed by atoms with E-state index in [1.165, 1.54) is 16.6 Å². The standard InChI is InChI=1S/C19H22N4O2S2/c1-3-6-16-10-14(12-26-16)18-21-22-19(23(18)8-4-2)27-13-17(24)20-11-15-7-5-9-25-15/h4-5,7,9-10,12H,2-3,6,8,11,13H2,1H3,(H,20,24). The third-order valence-corrected chi connectivity index (χ3v) is 5.77. The van der Waals surface area contributed by atoms with Gasteiger partial charge in [-0.25, -0.2) is 0 Å². The Morgan fingerprint density at radius 1 is 1.48 bits per heavy atom. The first-order valence-electron chi connectivity index (χ1n) is 8.75. The van der Waals surface area contributed by atoms with Crippen molar-refractivity contribution in [1.29, 1.82) is 0 Å². The van der Waals surface area contributed by atoms with E-state index in [9.17, 15) is 4.79 Å². The Labute approximate surface area is 166 Å². The average Bonchev–Trinajstić information content (AvgIpc) is 3.40. The van der Waals surface area contributed by atoms with Crippen LogP contribution in [0.4, 0.5) is 0 Å². The van der Waals surface area contributed by atoms with Gasteiger partial charge < -0.3 is 9.73 Å². The molecule has 1 amide bonds. The van der Waals surface area contributed by atoms with E-state index >= 15 is 0 Å². The Bertz CT molecular complexity index is 884. The number of aromatic nitrogens is 3. The molecule has 0 aliphatic carbocycles. The number of thiophene rings is 1. The molecule has 0 aliphatic heterocycles. The molecule has 0 bridgehead atoms. The Hall–Kier alpha value is -2.32. The van der Waals surface area contributed by atoms with Gasteiger partial charge in [-0.15, -0.1) is 28.1 Å². The zero-order valence-corrected chi connectivity index (χ0v) is 16.8. The smallest absolute Gasteiger partial charge is 0.230 e. The van der Waals surface area contributed by atoms with Crippen molar-refractivity contribution in [1.82, 2.24) is 20.1 Å². The highest BCUT2D eigenvalue weighted by molar-refractivity contribution is 7.99. The van der Waals surface area contributed by atoms with Crippen LogP contribution < -0.4 is 5.32 Å². The van der Waals surface area contributed by atoms with Gasteiger partial charge in [0.2, 0.25) is 5.91 Å². The summed E-state index contributed by atoms with van der Waals surface area (Å²) in [6, 6.07) is 5.79. The number of allylic oxidation sites excluding steroid dienone is 1. The maximum Gasteiger partial charge on any atom is 0.230 e. The molecular weight excluding hydrogens is 380 g/mol. The zero-order valence-electron chi connectivity index (χ0n) is 15.2. The van der Waals surface area contributed by atoms with E-state index in [1.54, 1.807) is 23.7 Å². The van der Waals surface area contributed by atoms with Crippen molar-refractivity contribution in [3.8, 4) is 11.4 Å². The van der Waals surface area contributed by atoms with E-state index in [2.05, 4.69) is 40.5 Å². The Kier molecular flexibility index (Phi) is 6.89. The van der Waals surface area contributed by atoms with Gasteiger partial charge in [0.1, 0.15) is 5.76 Å². The number of hydrogen-bond acceptors (Lipinski definition) is 6. The Balaban J connectivity index is 1.65. The van der Waals surface area contributed by atoms with E-state index in [0.29, 0.717) is 18.2 Å². The van der Waals surface area contributed by atoms with E-state index in [-0.39, 0.29) is 11.7 Å². The lowest BCUT2D eigenvalue weighted by Gasteiger charge is -2.07. The fourth-order valence-electron chi connectivity index (χ4n) is 2.56. The van der Waals surface area contributed by atoms with Crippen LogP contribution >= 0.6 is 23.1 Å². The number of carbonyl (C=O) groups is 1. The van der Waals surface area contributed by atoms with Crippen LogP contribution in [-0.2, 0) is 24.3 Å². The van der Waals surface area contributed by atoms with Crippen LogP contribution in [0.25, 0.3) is 11.4 Å². The summed E-state index contributed by atoms with van der Waals surface area (Å²) in [5.41, 5.74) is 1.06. The van der Waals surface area contributed by atoms with E-state index < -0.39 is 0 Å². The molecule has 142 valence electrons. The molecule has 0 aliphatic rings. The molecule has 0 saturated carbocycles. The number of aryl methyl sites for hydroxylation is 1. The molecular formula is C19H22N4O2S2. The summed E-state index contributed by atoms with van der Waals surface area (Å²) in [6.45, 7) is 6.97. The molecule has 0 spiro atoms. The Morgan fingerprint density at radius 3 is 3.11 bits per heavy atom. The molecule has 3 heterocycles. The van der Waals surface area contributed by atoms with Crippen LogP contribution in [0.5, 0.6) is 0 Å². The lowest BCUT2D eigenvalue weighted by atomic mass is 10.2. The largest absolute Gasteiger partial charge is 0.467 e. The van der Waals surface area contributed by atoms with Gasteiger partial charge in [0.05, 0.1) is 18.6 Å². The SMILES string of the molecule is C=CCn1c(SCC(=O)NCc2ccco2)nnc1-c1csc(CCC)c1. The van der Waals surface area contributed by atoms with Crippen LogP contribution in [0.3, 0.4) is 0 Å². The number of amides is 1. The van der Waals surface area contributed by atoms with Crippen molar-refractivity contribution in [2.45, 2.75) is 38.0 Å². The minimum absolute atomic E-state index is 0.0770. The first-order chi connectivity index (χ1) is 13.2. The minimum Gasteiger partial charge on any atom is -0.467 e. The zero-order chi connectivity index (χ0) is 19.1. The van der Waals surface area contributed by atoms with Gasteiger partial charge in [0.15, 0.2) is 11.0 Å². The number of nitrogens with zero attached hydrogens (tertiary/aromatic N) is 3. The van der Waals surface area contributed by atoms with Gasteiger partial charge in [-0.3, -0.25) is 9.36 Å². The highest BCUT2D eigenvalue weighted by Gasteiger charge is 2.16. The van der Waals surface area contributed by atoms with Gasteiger partial charge >= 0.3 is 0 Å². The topological polar surface area (TPSA) is 73.0 Å². The quantitative estimate of drug-likeness (QED) is 0.407. The summed E-state index contributed by atoms with van der Waals surface area (Å²) in [7, 11) is 0. The molecule has 3 aromatic rings. The number of thioether (sulfide) groups is 1. The molecule has 1 N–H and O–H groups in total. The summed E-state index contributed by atoms with van der Waals surface area (Å²) in [6.07, 6.45) is 5.59. The second-order valence-electron chi connectivity index (χ2n) is 5.90. The lowest BCUT2D eigenvalue weighted by molar-refractivity contribution is -0.118. The van der Waals surface area contributed by atoms with E-state index in [0.717, 1.165) is 30.0 Å². The van der Waals surface area contributed by atoms with Gasteiger partial charge in [-0.2, -0.15) is 0 Å². The Morgan fingerprint density at radius 2 is 2.37 bits per heavy atom. The van der Waals surface area contributed by atoms with Crippen molar-refractivity contribution < 1.29 is 9.21 Å². The number of carbonyl (C=O) groups excluding carboxylic acids is 1. The second-order valence-corrected chi connectivity index (χ2v) is 7.84. The summed E-state index contributed by atoms with van der Waals surface area (Å²) in [5.74, 6) is 1.73. The summed E-state index contributed by atoms with van der Waals surface area (Å²) >= 11 is 3.11. The lowest BCUT2D eigenvalue weighted by Crippen LogP contribution is -2.24. The fourth-order valence-corrected chi connectivity index (χ4v) is 4.30. The number of hydrogen-bond donors (Lipinski definition) is 1. The summed E-state index contributed by atoms with van der Waals surface area (Å²) < 4.78 is 7.21. The third-order valence-electron chi connectivity index (χ3n) is 3.81. The first-order valence-corrected chi connectivity index (χ1v) is 10.6. The van der Waals surface area contributed by atoms with Gasteiger partial charge in [-0.1, -0.05) is 31.2 Å². The number of nitrogens with one attached hydrogen (secondary N) is 1. The maximum absolute atomic E-state index is 12.1. The van der Waals surface area contributed by atoms with Crippen LogP contribution in [0.1, 0.15) is 24.0 Å². The maximum atomic E-state index is 12.1. The third kappa shape index (κ3) is 5.11. The van der Waals surface area contributed by atoms with E-state index in [4.69, 9.17) is 4.42 Å². The van der Waals surface area contributed by atoms with Crippen LogP contribution in [0, 0.1) is 0 Å². The van der Waals surface area contributed by atoms with Crippen molar-refractivity contribution in [2.75, 3.05) is 5.75 Å². The van der Waals surface area contributed by atoms with Gasteiger partial charge in [-0.05, 0) is 24.6 Å². The predicted molar refractivity (Wildman–Crippen MR) is 109 cm³/mol. The molecule has 0 aromatic carbocycles. The number of rotatable bonds is 10. The first kappa shape index (κ1) is 19.4. The highest BCUT2D eigenvalue weighted by atomic mass is 32.2. The van der Waals surface area contributed by atoms with Gasteiger partial charge in [0.25, 0.3) is 0 Å². The van der Waals surface area contributed by atoms with Crippen LogP contribution in [0.15, 0.2) is 52.1 Å². The molecule has 0 saturated heterocycles. The van der Waals surface area contributed by atoms with Crippen molar-refractivity contribution >= 4 is 29.0 Å². The average molecular weight is 403 g/mol. The molecule has 0 radical (unpaired) electrons. The molecule has 0 atom stereocenters. The summed E-state index contributed by atoms with van der Waals surface area (Å²) in [4.78, 5) is 13.4. The van der Waals surface area contributed by atoms with Crippen LogP contribution in [0.2, 0.25) is 0 Å². The predicted octanol–water partition coefficient (Wildman–Crippen LogP) is 4.15. The van der Waals surface area contributed by atoms with Crippen LogP contribution in [-0.4, -0.2) is 26.4 Å². The van der Waals surface area contributed by atoms with Crippen molar-refractivity contribution in [3.63, 3.8) is 0 Å². The minimum atomic E-state index is -0.0770. The molecule has 8 heteroatoms. The summed E-state index contributed by atoms with van der Waals surface area (Å²) in [5, 5.41) is 14.3. The van der Waals surface area contributed by atoms with Gasteiger partial charge in [0, 0.05) is 22.4 Å². The van der Waals surface area contributed by atoms with Crippen molar-refractivity contribution in [3.05, 3.63) is 53.1 Å². The molecule has 3 rings (SSSR count). The fraction of sp³-hybridized carbons (Fsp3) is 0.316. The molecule has 0 fully saturated rings.